The number of aromatic amines is 1. The summed E-state index contributed by atoms with van der Waals surface area (Å²) in [4.78, 5) is 36.7. The third-order valence-corrected chi connectivity index (χ3v) is 6.68. The van der Waals surface area contributed by atoms with E-state index in [1.165, 1.54) is 75.3 Å². The normalized spacial score (nSPS) is 21.6. The first-order chi connectivity index (χ1) is 17.5. The molecule has 4 atom stereocenters. The largest absolute Gasteiger partial charge is 0.469 e. The first kappa shape index (κ1) is 30.2. The van der Waals surface area contributed by atoms with Crippen LogP contribution in [-0.4, -0.2) is 64.4 Å². The lowest BCUT2D eigenvalue weighted by Gasteiger charge is -2.22. The zero-order valence-electron chi connectivity index (χ0n) is 21.6. The average Bonchev–Trinajstić information content (AvgIpc) is 3.18. The number of methoxy groups -OCH3 is 1. The standard InChI is InChI=1S/C26H44N2O8/c1-34-22(31)15-13-11-9-7-5-3-2-4-6-8-10-12-14-18-35-24-23(32)20(19-29)36-25(24)28-17-16-21(30)27-26(28)33/h16-17,20,23-25,29,32H,2-15,18-19H2,1H3,(H,27,30,33). The molecular weight excluding hydrogens is 468 g/mol. The van der Waals surface area contributed by atoms with Gasteiger partial charge in [0.25, 0.3) is 5.56 Å². The molecule has 1 aliphatic rings. The van der Waals surface area contributed by atoms with E-state index in [0.717, 1.165) is 32.1 Å². The van der Waals surface area contributed by atoms with Gasteiger partial charge in [-0.2, -0.15) is 0 Å². The summed E-state index contributed by atoms with van der Waals surface area (Å²) >= 11 is 0. The number of aliphatic hydroxyl groups excluding tert-OH is 2. The molecule has 10 nitrogen and oxygen atoms in total. The molecule has 1 fully saturated rings. The lowest BCUT2D eigenvalue weighted by molar-refractivity contribution is -0.140. The molecule has 0 aliphatic carbocycles. The van der Waals surface area contributed by atoms with Crippen molar-refractivity contribution < 1.29 is 29.2 Å². The Morgan fingerprint density at radius 1 is 0.972 bits per heavy atom. The number of carbonyl (C=O) groups excluding carboxylic acids is 1. The third-order valence-electron chi connectivity index (χ3n) is 6.68. The number of esters is 1. The summed E-state index contributed by atoms with van der Waals surface area (Å²) in [6.07, 6.45) is 13.1. The number of hydrogen-bond acceptors (Lipinski definition) is 8. The van der Waals surface area contributed by atoms with Crippen LogP contribution in [0.25, 0.3) is 0 Å². The first-order valence-corrected chi connectivity index (χ1v) is 13.4. The Labute approximate surface area is 213 Å². The quantitative estimate of drug-likeness (QED) is 0.190. The van der Waals surface area contributed by atoms with Crippen molar-refractivity contribution in [3.05, 3.63) is 33.1 Å². The van der Waals surface area contributed by atoms with Crippen LogP contribution < -0.4 is 11.2 Å². The summed E-state index contributed by atoms with van der Waals surface area (Å²) in [7, 11) is 1.43. The Hall–Kier alpha value is -2.01. The molecule has 206 valence electrons. The van der Waals surface area contributed by atoms with Gasteiger partial charge in [0.1, 0.15) is 18.3 Å². The molecule has 0 spiro atoms. The maximum Gasteiger partial charge on any atom is 0.330 e. The van der Waals surface area contributed by atoms with E-state index < -0.39 is 42.4 Å². The van der Waals surface area contributed by atoms with Gasteiger partial charge in [-0.1, -0.05) is 70.6 Å². The molecule has 36 heavy (non-hydrogen) atoms. The zero-order chi connectivity index (χ0) is 26.2. The van der Waals surface area contributed by atoms with Gasteiger partial charge >= 0.3 is 11.7 Å². The fraction of sp³-hybridized carbons (Fsp3) is 0.808. The zero-order valence-corrected chi connectivity index (χ0v) is 21.6. The van der Waals surface area contributed by atoms with E-state index in [2.05, 4.69) is 9.72 Å². The Bertz CT molecular complexity index is 855. The highest BCUT2D eigenvalue weighted by atomic mass is 16.6. The molecule has 4 unspecified atom stereocenters. The monoisotopic (exact) mass is 512 g/mol. The van der Waals surface area contributed by atoms with Gasteiger partial charge in [0.15, 0.2) is 6.23 Å². The fourth-order valence-corrected chi connectivity index (χ4v) is 4.54. The lowest BCUT2D eigenvalue weighted by atomic mass is 10.0. The van der Waals surface area contributed by atoms with Crippen molar-refractivity contribution in [2.45, 2.75) is 114 Å². The predicted molar refractivity (Wildman–Crippen MR) is 135 cm³/mol. The van der Waals surface area contributed by atoms with E-state index in [-0.39, 0.29) is 5.97 Å². The molecular formula is C26H44N2O8. The summed E-state index contributed by atoms with van der Waals surface area (Å²) in [6, 6.07) is 1.20. The minimum Gasteiger partial charge on any atom is -0.469 e. The Morgan fingerprint density at radius 2 is 1.53 bits per heavy atom. The maximum absolute atomic E-state index is 12.1. The smallest absolute Gasteiger partial charge is 0.330 e. The molecule has 1 aliphatic heterocycles. The fourth-order valence-electron chi connectivity index (χ4n) is 4.54. The van der Waals surface area contributed by atoms with Crippen molar-refractivity contribution in [1.82, 2.24) is 9.55 Å². The average molecular weight is 513 g/mol. The van der Waals surface area contributed by atoms with Gasteiger partial charge in [-0.3, -0.25) is 19.1 Å². The molecule has 0 aromatic carbocycles. The van der Waals surface area contributed by atoms with Crippen molar-refractivity contribution in [2.75, 3.05) is 20.3 Å². The van der Waals surface area contributed by atoms with Crippen LogP contribution >= 0.6 is 0 Å². The van der Waals surface area contributed by atoms with Crippen molar-refractivity contribution in [2.24, 2.45) is 0 Å². The summed E-state index contributed by atoms with van der Waals surface area (Å²) in [5, 5.41) is 19.9. The van der Waals surface area contributed by atoms with Crippen LogP contribution in [-0.2, 0) is 19.0 Å². The number of hydrogen-bond donors (Lipinski definition) is 3. The van der Waals surface area contributed by atoms with Crippen LogP contribution in [0.2, 0.25) is 0 Å². The van der Waals surface area contributed by atoms with E-state index in [9.17, 15) is 24.6 Å². The molecule has 1 aromatic heterocycles. The summed E-state index contributed by atoms with van der Waals surface area (Å²) in [6.45, 7) is 0.0180. The van der Waals surface area contributed by atoms with Gasteiger partial charge in [0, 0.05) is 25.3 Å². The molecule has 2 heterocycles. The number of rotatable bonds is 19. The Balaban J connectivity index is 1.51. The van der Waals surface area contributed by atoms with Crippen LogP contribution in [0.3, 0.4) is 0 Å². The van der Waals surface area contributed by atoms with E-state index in [0.29, 0.717) is 13.0 Å². The number of nitrogens with zero attached hydrogens (tertiary/aromatic N) is 1. The Morgan fingerprint density at radius 3 is 2.06 bits per heavy atom. The van der Waals surface area contributed by atoms with Gasteiger partial charge in [-0.15, -0.1) is 0 Å². The van der Waals surface area contributed by atoms with E-state index in [4.69, 9.17) is 9.47 Å². The molecule has 0 bridgehead atoms. The molecule has 0 saturated carbocycles. The number of nitrogens with one attached hydrogen (secondary N) is 1. The molecule has 3 N–H and O–H groups in total. The highest BCUT2D eigenvalue weighted by Crippen LogP contribution is 2.30. The van der Waals surface area contributed by atoms with Gasteiger partial charge < -0.3 is 24.4 Å². The second-order valence-electron chi connectivity index (χ2n) is 9.51. The number of unbranched alkanes of at least 4 members (excludes halogenated alkanes) is 12. The van der Waals surface area contributed by atoms with Gasteiger partial charge in [0.05, 0.1) is 13.7 Å². The molecule has 0 amide bonds. The molecule has 1 aromatic rings. The lowest BCUT2D eigenvalue weighted by Crippen LogP contribution is -2.39. The summed E-state index contributed by atoms with van der Waals surface area (Å²) in [5.41, 5.74) is -1.17. The molecule has 1 saturated heterocycles. The van der Waals surface area contributed by atoms with Crippen molar-refractivity contribution in [3.8, 4) is 0 Å². The number of carbonyl (C=O) groups is 1. The van der Waals surface area contributed by atoms with Crippen LogP contribution in [0.5, 0.6) is 0 Å². The van der Waals surface area contributed by atoms with Crippen molar-refractivity contribution in [1.29, 1.82) is 0 Å². The van der Waals surface area contributed by atoms with Gasteiger partial charge in [0.2, 0.25) is 0 Å². The number of H-pyrrole nitrogens is 1. The SMILES string of the molecule is COC(=O)CCCCCCCCCCCCCCCOC1C(O)C(CO)OC1n1ccc(=O)[nH]c1=O. The van der Waals surface area contributed by atoms with Gasteiger partial charge in [-0.25, -0.2) is 4.79 Å². The van der Waals surface area contributed by atoms with Crippen LogP contribution in [0, 0.1) is 0 Å². The molecule has 10 heteroatoms. The van der Waals surface area contributed by atoms with Crippen molar-refractivity contribution in [3.63, 3.8) is 0 Å². The highest BCUT2D eigenvalue weighted by Gasteiger charge is 2.45. The minimum absolute atomic E-state index is 0.116. The van der Waals surface area contributed by atoms with E-state index >= 15 is 0 Å². The third kappa shape index (κ3) is 10.5. The second kappa shape index (κ2) is 17.4. The van der Waals surface area contributed by atoms with Crippen molar-refractivity contribution >= 4 is 5.97 Å². The highest BCUT2D eigenvalue weighted by molar-refractivity contribution is 5.68. The number of aromatic nitrogens is 2. The van der Waals surface area contributed by atoms with Crippen LogP contribution in [0.15, 0.2) is 21.9 Å². The van der Waals surface area contributed by atoms with Crippen LogP contribution in [0.4, 0.5) is 0 Å². The molecule has 2 rings (SSSR count). The number of ether oxygens (including phenoxy) is 3. The first-order valence-electron chi connectivity index (χ1n) is 13.4. The predicted octanol–water partition coefficient (Wildman–Crippen LogP) is 2.81. The van der Waals surface area contributed by atoms with E-state index in [1.54, 1.807) is 0 Å². The van der Waals surface area contributed by atoms with Gasteiger partial charge in [-0.05, 0) is 12.8 Å². The summed E-state index contributed by atoms with van der Waals surface area (Å²) < 4.78 is 17.3. The van der Waals surface area contributed by atoms with E-state index in [1.807, 2.05) is 0 Å². The second-order valence-corrected chi connectivity index (χ2v) is 9.51. The summed E-state index contributed by atoms with van der Waals surface area (Å²) in [5.74, 6) is -0.116. The Kier molecular flexibility index (Phi) is 14.6. The minimum atomic E-state index is -1.07. The topological polar surface area (TPSA) is 140 Å². The maximum atomic E-state index is 12.1. The van der Waals surface area contributed by atoms with Crippen LogP contribution in [0.1, 0.15) is 96.1 Å². The number of aliphatic hydroxyl groups is 2. The molecule has 0 radical (unpaired) electrons.